The van der Waals surface area contributed by atoms with E-state index in [2.05, 4.69) is 11.8 Å². The minimum atomic E-state index is 0.121. The molecule has 0 spiro atoms. The van der Waals surface area contributed by atoms with Gasteiger partial charge in [-0.1, -0.05) is 62.9 Å². The van der Waals surface area contributed by atoms with Crippen molar-refractivity contribution in [1.82, 2.24) is 0 Å². The molecule has 0 radical (unpaired) electrons. The first kappa shape index (κ1) is 15.9. The Bertz CT molecular complexity index is 722. The summed E-state index contributed by atoms with van der Waals surface area (Å²) >= 11 is 0. The third-order valence-corrected chi connectivity index (χ3v) is 3.48. The Hall–Kier alpha value is -2.53. The predicted molar refractivity (Wildman–Crippen MR) is 91.7 cm³/mol. The van der Waals surface area contributed by atoms with Crippen molar-refractivity contribution >= 4 is 11.6 Å². The first-order valence-corrected chi connectivity index (χ1v) is 7.79. The zero-order valence-electron chi connectivity index (χ0n) is 13.4. The topological polar surface area (TPSA) is 20.3 Å². The van der Waals surface area contributed by atoms with Crippen LogP contribution in [0.15, 0.2) is 48.5 Å². The molecule has 0 fully saturated rings. The SMILES string of the molecule is CC.CCC(=O)N1Cc2ccccc2C#Cc2ccccc21. The predicted octanol–water partition coefficient (Wildman–Crippen LogP) is 4.37. The second-order valence-electron chi connectivity index (χ2n) is 4.76. The molecule has 0 bridgehead atoms. The molecule has 0 N–H and O–H groups in total. The van der Waals surface area contributed by atoms with Crippen molar-refractivity contribution in [2.75, 3.05) is 4.90 Å². The number of benzene rings is 2. The number of rotatable bonds is 1. The lowest BCUT2D eigenvalue weighted by molar-refractivity contribution is -0.118. The monoisotopic (exact) mass is 291 g/mol. The van der Waals surface area contributed by atoms with E-state index in [1.807, 2.05) is 74.2 Å². The molecule has 1 aliphatic heterocycles. The van der Waals surface area contributed by atoms with Crippen LogP contribution >= 0.6 is 0 Å². The summed E-state index contributed by atoms with van der Waals surface area (Å²) in [6, 6.07) is 15.8. The van der Waals surface area contributed by atoms with Crippen LogP contribution in [0.5, 0.6) is 0 Å². The Balaban J connectivity index is 0.000000847. The molecule has 2 nitrogen and oxygen atoms in total. The highest BCUT2D eigenvalue weighted by Gasteiger charge is 2.19. The van der Waals surface area contributed by atoms with Crippen LogP contribution in [0.1, 0.15) is 43.9 Å². The van der Waals surface area contributed by atoms with Gasteiger partial charge in [-0.3, -0.25) is 4.79 Å². The molecule has 1 aliphatic rings. The van der Waals surface area contributed by atoms with Crippen molar-refractivity contribution in [3.05, 3.63) is 65.2 Å². The fraction of sp³-hybridized carbons (Fsp3) is 0.250. The summed E-state index contributed by atoms with van der Waals surface area (Å²) < 4.78 is 0. The Morgan fingerprint density at radius 2 is 1.59 bits per heavy atom. The first-order valence-electron chi connectivity index (χ1n) is 7.79. The molecular weight excluding hydrogens is 270 g/mol. The van der Waals surface area contributed by atoms with Gasteiger partial charge < -0.3 is 4.90 Å². The fourth-order valence-corrected chi connectivity index (χ4v) is 2.40. The fourth-order valence-electron chi connectivity index (χ4n) is 2.40. The summed E-state index contributed by atoms with van der Waals surface area (Å²) in [6.45, 7) is 6.47. The molecule has 0 saturated heterocycles. The molecule has 3 rings (SSSR count). The van der Waals surface area contributed by atoms with Crippen LogP contribution in [0.3, 0.4) is 0 Å². The third kappa shape index (κ3) is 3.20. The Morgan fingerprint density at radius 3 is 2.32 bits per heavy atom. The lowest BCUT2D eigenvalue weighted by Gasteiger charge is -2.25. The maximum absolute atomic E-state index is 12.3. The molecule has 0 aromatic heterocycles. The zero-order chi connectivity index (χ0) is 15.9. The number of hydrogen-bond acceptors (Lipinski definition) is 1. The van der Waals surface area contributed by atoms with E-state index in [0.717, 1.165) is 22.4 Å². The van der Waals surface area contributed by atoms with Crippen LogP contribution in [0.2, 0.25) is 0 Å². The van der Waals surface area contributed by atoms with Crippen molar-refractivity contribution in [2.24, 2.45) is 0 Å². The summed E-state index contributed by atoms with van der Waals surface area (Å²) in [6.07, 6.45) is 0.490. The van der Waals surface area contributed by atoms with Crippen molar-refractivity contribution in [3.8, 4) is 11.8 Å². The number of hydrogen-bond donors (Lipinski definition) is 0. The summed E-state index contributed by atoms with van der Waals surface area (Å²) in [4.78, 5) is 14.1. The van der Waals surface area contributed by atoms with E-state index in [1.54, 1.807) is 0 Å². The highest BCUT2D eigenvalue weighted by molar-refractivity contribution is 5.94. The van der Waals surface area contributed by atoms with Crippen molar-refractivity contribution in [2.45, 2.75) is 33.7 Å². The van der Waals surface area contributed by atoms with Gasteiger partial charge in [0.1, 0.15) is 0 Å². The van der Waals surface area contributed by atoms with E-state index in [0.29, 0.717) is 13.0 Å². The normalized spacial score (nSPS) is 11.5. The summed E-state index contributed by atoms with van der Waals surface area (Å²) in [5, 5.41) is 0. The number of para-hydroxylation sites is 1. The van der Waals surface area contributed by atoms with Gasteiger partial charge in [-0.15, -0.1) is 0 Å². The average molecular weight is 291 g/mol. The van der Waals surface area contributed by atoms with E-state index in [-0.39, 0.29) is 5.91 Å². The maximum Gasteiger partial charge on any atom is 0.227 e. The second-order valence-corrected chi connectivity index (χ2v) is 4.76. The Labute approximate surface area is 132 Å². The Kier molecular flexibility index (Phi) is 5.38. The Morgan fingerprint density at radius 1 is 1.00 bits per heavy atom. The lowest BCUT2D eigenvalue weighted by atomic mass is 10.0. The third-order valence-electron chi connectivity index (χ3n) is 3.48. The van der Waals surface area contributed by atoms with Crippen LogP contribution in [-0.2, 0) is 11.3 Å². The highest BCUT2D eigenvalue weighted by atomic mass is 16.2. The molecule has 112 valence electrons. The van der Waals surface area contributed by atoms with Crippen LogP contribution in [0.25, 0.3) is 0 Å². The number of carbonyl (C=O) groups excluding carboxylic acids is 1. The van der Waals surface area contributed by atoms with E-state index in [4.69, 9.17) is 0 Å². The minimum Gasteiger partial charge on any atom is -0.307 e. The summed E-state index contributed by atoms with van der Waals surface area (Å²) in [5.74, 6) is 6.52. The maximum atomic E-state index is 12.3. The minimum absolute atomic E-state index is 0.121. The van der Waals surface area contributed by atoms with E-state index < -0.39 is 0 Å². The van der Waals surface area contributed by atoms with Gasteiger partial charge in [-0.2, -0.15) is 0 Å². The summed E-state index contributed by atoms with van der Waals surface area (Å²) in [5.41, 5.74) is 3.90. The van der Waals surface area contributed by atoms with Gasteiger partial charge in [-0.25, -0.2) is 0 Å². The standard InChI is InChI=1S/C18H15NO.C2H6/c1-2-18(20)19-13-16-9-4-3-7-14(16)11-12-15-8-5-6-10-17(15)19;1-2/h3-10H,2,13H2,1H3;1-2H3. The lowest BCUT2D eigenvalue weighted by Crippen LogP contribution is -2.31. The van der Waals surface area contributed by atoms with Gasteiger partial charge in [0.25, 0.3) is 0 Å². The molecule has 1 amide bonds. The smallest absolute Gasteiger partial charge is 0.227 e. The molecule has 0 saturated carbocycles. The van der Waals surface area contributed by atoms with Gasteiger partial charge in [0.05, 0.1) is 12.2 Å². The van der Waals surface area contributed by atoms with Gasteiger partial charge in [0.2, 0.25) is 5.91 Å². The molecule has 2 aromatic carbocycles. The van der Waals surface area contributed by atoms with Gasteiger partial charge in [0.15, 0.2) is 0 Å². The van der Waals surface area contributed by atoms with E-state index >= 15 is 0 Å². The number of carbonyl (C=O) groups is 1. The number of amides is 1. The molecule has 1 heterocycles. The number of fused-ring (bicyclic) bond motifs is 2. The highest BCUT2D eigenvalue weighted by Crippen LogP contribution is 2.25. The molecule has 22 heavy (non-hydrogen) atoms. The molecule has 0 atom stereocenters. The molecule has 2 aromatic rings. The van der Waals surface area contributed by atoms with Crippen molar-refractivity contribution in [3.63, 3.8) is 0 Å². The molecule has 0 unspecified atom stereocenters. The van der Waals surface area contributed by atoms with Crippen LogP contribution in [0.4, 0.5) is 5.69 Å². The van der Waals surface area contributed by atoms with Crippen molar-refractivity contribution < 1.29 is 4.79 Å². The van der Waals surface area contributed by atoms with Gasteiger partial charge in [-0.05, 0) is 23.8 Å². The zero-order valence-corrected chi connectivity index (χ0v) is 13.4. The van der Waals surface area contributed by atoms with Crippen molar-refractivity contribution in [1.29, 1.82) is 0 Å². The van der Waals surface area contributed by atoms with Crippen LogP contribution in [0, 0.1) is 11.8 Å². The van der Waals surface area contributed by atoms with Crippen LogP contribution < -0.4 is 4.90 Å². The molecular formula is C20H21NO. The van der Waals surface area contributed by atoms with E-state index in [1.165, 1.54) is 0 Å². The average Bonchev–Trinajstić information content (AvgIpc) is 2.58. The van der Waals surface area contributed by atoms with Gasteiger partial charge in [0, 0.05) is 17.5 Å². The number of anilines is 1. The molecule has 2 heteroatoms. The number of nitrogens with zero attached hydrogens (tertiary/aromatic N) is 1. The van der Waals surface area contributed by atoms with Gasteiger partial charge >= 0.3 is 0 Å². The largest absolute Gasteiger partial charge is 0.307 e. The quantitative estimate of drug-likeness (QED) is 0.714. The molecule has 0 aliphatic carbocycles. The van der Waals surface area contributed by atoms with E-state index in [9.17, 15) is 4.79 Å². The summed E-state index contributed by atoms with van der Waals surface area (Å²) in [7, 11) is 0. The first-order chi connectivity index (χ1) is 10.8. The van der Waals surface area contributed by atoms with Crippen LogP contribution in [-0.4, -0.2) is 5.91 Å². The second kappa shape index (κ2) is 7.47.